The van der Waals surface area contributed by atoms with E-state index >= 15 is 0 Å². The van der Waals surface area contributed by atoms with Crippen LogP contribution in [0.1, 0.15) is 18.7 Å². The number of H-pyrrole nitrogens is 1. The number of sulfonamides is 1. The zero-order valence-electron chi connectivity index (χ0n) is 11.3. The van der Waals surface area contributed by atoms with Crippen LogP contribution in [0, 0.1) is 12.8 Å². The molecule has 1 fully saturated rings. The predicted molar refractivity (Wildman–Crippen MR) is 72.4 cm³/mol. The molecule has 0 spiro atoms. The number of carbonyl (C=O) groups is 1. The molecular formula is C11H19N5O3S. The summed E-state index contributed by atoms with van der Waals surface area (Å²) < 4.78 is 26.3. The Kier molecular flexibility index (Phi) is 4.29. The van der Waals surface area contributed by atoms with Gasteiger partial charge in [0, 0.05) is 19.6 Å². The van der Waals surface area contributed by atoms with Crippen molar-refractivity contribution >= 4 is 16.1 Å². The Morgan fingerprint density at radius 1 is 1.65 bits per heavy atom. The number of aromatic nitrogens is 2. The lowest BCUT2D eigenvalue weighted by molar-refractivity contribution is 0.236. The molecule has 0 aliphatic carbocycles. The quantitative estimate of drug-likeness (QED) is 0.712. The first kappa shape index (κ1) is 14.8. The number of imidazole rings is 1. The van der Waals surface area contributed by atoms with Crippen molar-refractivity contribution in [2.24, 2.45) is 11.7 Å². The van der Waals surface area contributed by atoms with E-state index in [0.717, 1.165) is 12.8 Å². The zero-order chi connectivity index (χ0) is 14.8. The Balaban J connectivity index is 2.06. The number of rotatable bonds is 4. The van der Waals surface area contributed by atoms with Gasteiger partial charge in [0.1, 0.15) is 5.82 Å². The van der Waals surface area contributed by atoms with Gasteiger partial charge in [-0.25, -0.2) is 18.2 Å². The second-order valence-electron chi connectivity index (χ2n) is 4.95. The van der Waals surface area contributed by atoms with Crippen molar-refractivity contribution in [3.63, 3.8) is 0 Å². The Morgan fingerprint density at radius 3 is 3.00 bits per heavy atom. The number of carbonyl (C=O) groups excluding carboxylic acids is 1. The summed E-state index contributed by atoms with van der Waals surface area (Å²) in [4.78, 5) is 17.4. The summed E-state index contributed by atoms with van der Waals surface area (Å²) in [6, 6.07) is -0.589. The highest BCUT2D eigenvalue weighted by Crippen LogP contribution is 2.22. The van der Waals surface area contributed by atoms with E-state index < -0.39 is 16.1 Å². The lowest BCUT2D eigenvalue weighted by Crippen LogP contribution is -2.44. The molecule has 1 unspecified atom stereocenters. The number of amides is 2. The summed E-state index contributed by atoms with van der Waals surface area (Å²) >= 11 is 0. The summed E-state index contributed by atoms with van der Waals surface area (Å²) in [5.74, 6) is 0.641. The highest BCUT2D eigenvalue weighted by Gasteiger charge is 2.31. The van der Waals surface area contributed by atoms with Crippen molar-refractivity contribution < 1.29 is 13.2 Å². The molecule has 0 radical (unpaired) electrons. The molecule has 9 heteroatoms. The van der Waals surface area contributed by atoms with Crippen LogP contribution in [-0.2, 0) is 10.0 Å². The van der Waals surface area contributed by atoms with Crippen LogP contribution in [0.15, 0.2) is 11.2 Å². The molecule has 4 N–H and O–H groups in total. The van der Waals surface area contributed by atoms with Gasteiger partial charge in [0.05, 0.1) is 6.20 Å². The van der Waals surface area contributed by atoms with E-state index in [2.05, 4.69) is 15.3 Å². The van der Waals surface area contributed by atoms with E-state index in [1.165, 1.54) is 10.5 Å². The monoisotopic (exact) mass is 301 g/mol. The Morgan fingerprint density at radius 2 is 2.40 bits per heavy atom. The van der Waals surface area contributed by atoms with Gasteiger partial charge in [-0.2, -0.15) is 4.31 Å². The first-order valence-corrected chi connectivity index (χ1v) is 7.88. The highest BCUT2D eigenvalue weighted by atomic mass is 32.2. The Hall–Kier alpha value is -1.61. The molecule has 1 aromatic heterocycles. The average Bonchev–Trinajstić information content (AvgIpc) is 2.84. The van der Waals surface area contributed by atoms with Crippen molar-refractivity contribution in [3.8, 4) is 0 Å². The van der Waals surface area contributed by atoms with E-state index in [-0.39, 0.29) is 10.9 Å². The van der Waals surface area contributed by atoms with Crippen molar-refractivity contribution in [1.82, 2.24) is 19.6 Å². The van der Waals surface area contributed by atoms with Gasteiger partial charge in [-0.05, 0) is 25.7 Å². The summed E-state index contributed by atoms with van der Waals surface area (Å²) in [7, 11) is -3.54. The molecule has 1 atom stereocenters. The SMILES string of the molecule is Cc1ncc(S(=O)(=O)N2CCCC(CNC(N)=O)C2)[nH]1. The van der Waals surface area contributed by atoms with Crippen molar-refractivity contribution in [2.75, 3.05) is 19.6 Å². The van der Waals surface area contributed by atoms with Gasteiger partial charge in [0.25, 0.3) is 10.0 Å². The summed E-state index contributed by atoms with van der Waals surface area (Å²) in [6.45, 7) is 2.95. The van der Waals surface area contributed by atoms with E-state index in [1.54, 1.807) is 6.92 Å². The third kappa shape index (κ3) is 3.28. The minimum atomic E-state index is -3.54. The zero-order valence-corrected chi connectivity index (χ0v) is 12.1. The fourth-order valence-electron chi connectivity index (χ4n) is 2.33. The number of hydrogen-bond acceptors (Lipinski definition) is 4. The van der Waals surface area contributed by atoms with Crippen molar-refractivity contribution in [1.29, 1.82) is 0 Å². The summed E-state index contributed by atoms with van der Waals surface area (Å²) in [5, 5.41) is 2.64. The van der Waals surface area contributed by atoms with E-state index in [4.69, 9.17) is 5.73 Å². The largest absolute Gasteiger partial charge is 0.352 e. The van der Waals surface area contributed by atoms with Crippen LogP contribution in [0.25, 0.3) is 0 Å². The van der Waals surface area contributed by atoms with Gasteiger partial charge in [0.15, 0.2) is 5.03 Å². The molecule has 2 rings (SSSR count). The fourth-order valence-corrected chi connectivity index (χ4v) is 3.84. The van der Waals surface area contributed by atoms with Gasteiger partial charge in [-0.3, -0.25) is 0 Å². The first-order valence-electron chi connectivity index (χ1n) is 6.44. The average molecular weight is 301 g/mol. The first-order chi connectivity index (χ1) is 9.39. The Labute approximate surface area is 117 Å². The van der Waals surface area contributed by atoms with E-state index in [9.17, 15) is 13.2 Å². The van der Waals surface area contributed by atoms with Gasteiger partial charge >= 0.3 is 6.03 Å². The lowest BCUT2D eigenvalue weighted by atomic mass is 10.00. The lowest BCUT2D eigenvalue weighted by Gasteiger charge is -2.31. The minimum absolute atomic E-state index is 0.0787. The standard InChI is InChI=1S/C11H19N5O3S/c1-8-13-6-10(15-8)20(18,19)16-4-2-3-9(7-16)5-14-11(12)17/h6,9H,2-5,7H2,1H3,(H,13,15)(H3,12,14,17). The van der Waals surface area contributed by atoms with Crippen LogP contribution in [0.3, 0.4) is 0 Å². The maximum atomic E-state index is 12.4. The number of piperidine rings is 1. The molecular weight excluding hydrogens is 282 g/mol. The van der Waals surface area contributed by atoms with Gasteiger partial charge in [-0.1, -0.05) is 0 Å². The number of aryl methyl sites for hydroxylation is 1. The molecule has 1 aromatic rings. The topological polar surface area (TPSA) is 121 Å². The number of nitrogens with one attached hydrogen (secondary N) is 2. The molecule has 112 valence electrons. The maximum Gasteiger partial charge on any atom is 0.312 e. The second-order valence-corrected chi connectivity index (χ2v) is 6.86. The summed E-state index contributed by atoms with van der Waals surface area (Å²) in [5.41, 5.74) is 5.03. The smallest absolute Gasteiger partial charge is 0.312 e. The molecule has 0 saturated carbocycles. The minimum Gasteiger partial charge on any atom is -0.352 e. The number of hydrogen-bond donors (Lipinski definition) is 3. The number of primary amides is 1. The predicted octanol–water partition coefficient (Wildman–Crippen LogP) is -0.213. The third-order valence-corrected chi connectivity index (χ3v) is 5.12. The van der Waals surface area contributed by atoms with Crippen molar-refractivity contribution in [2.45, 2.75) is 24.8 Å². The molecule has 1 saturated heterocycles. The number of aromatic amines is 1. The van der Waals surface area contributed by atoms with Crippen molar-refractivity contribution in [3.05, 3.63) is 12.0 Å². The molecule has 2 amide bonds. The molecule has 0 bridgehead atoms. The van der Waals surface area contributed by atoms with Crippen LogP contribution < -0.4 is 11.1 Å². The van der Waals surface area contributed by atoms with Gasteiger partial charge in [0.2, 0.25) is 0 Å². The number of nitrogens with two attached hydrogens (primary N) is 1. The van der Waals surface area contributed by atoms with Crippen LogP contribution >= 0.6 is 0 Å². The van der Waals surface area contributed by atoms with Crippen LogP contribution in [-0.4, -0.2) is 48.4 Å². The molecule has 0 aromatic carbocycles. The third-order valence-electron chi connectivity index (χ3n) is 3.34. The highest BCUT2D eigenvalue weighted by molar-refractivity contribution is 7.89. The number of nitrogens with zero attached hydrogens (tertiary/aromatic N) is 2. The van der Waals surface area contributed by atoms with E-state index in [1.807, 2.05) is 0 Å². The van der Waals surface area contributed by atoms with Crippen LogP contribution in [0.5, 0.6) is 0 Å². The van der Waals surface area contributed by atoms with E-state index in [0.29, 0.717) is 25.5 Å². The second kappa shape index (κ2) is 5.80. The molecule has 20 heavy (non-hydrogen) atoms. The molecule has 1 aliphatic heterocycles. The molecule has 2 heterocycles. The van der Waals surface area contributed by atoms with Gasteiger partial charge < -0.3 is 16.0 Å². The number of urea groups is 1. The van der Waals surface area contributed by atoms with Gasteiger partial charge in [-0.15, -0.1) is 0 Å². The normalized spacial score (nSPS) is 20.8. The maximum absolute atomic E-state index is 12.4. The van der Waals surface area contributed by atoms with Crippen LogP contribution in [0.2, 0.25) is 0 Å². The fraction of sp³-hybridized carbons (Fsp3) is 0.636. The molecule has 1 aliphatic rings. The summed E-state index contributed by atoms with van der Waals surface area (Å²) in [6.07, 6.45) is 2.96. The Bertz CT molecular complexity index is 583. The molecule has 8 nitrogen and oxygen atoms in total. The van der Waals surface area contributed by atoms with Crippen LogP contribution in [0.4, 0.5) is 4.79 Å².